The molecule has 3 heterocycles. The monoisotopic (exact) mass is 489 g/mol. The fraction of sp³-hybridized carbons (Fsp3) is 0.185. The molecule has 0 aliphatic carbocycles. The Morgan fingerprint density at radius 2 is 1.83 bits per heavy atom. The molecule has 0 radical (unpaired) electrons. The third kappa shape index (κ3) is 4.72. The Morgan fingerprint density at radius 1 is 1.03 bits per heavy atom. The molecule has 0 spiro atoms. The molecule has 2 aliphatic rings. The van der Waals surface area contributed by atoms with Gasteiger partial charge in [-0.1, -0.05) is 29.8 Å². The Bertz CT molecular complexity index is 1340. The van der Waals surface area contributed by atoms with Crippen molar-refractivity contribution in [2.45, 2.75) is 12.5 Å². The highest BCUT2D eigenvalue weighted by Gasteiger charge is 2.32. The molecular formula is C27H25ClFN5O. The molecule has 0 saturated carbocycles. The first kappa shape index (κ1) is 22.9. The van der Waals surface area contributed by atoms with Crippen molar-refractivity contribution in [1.29, 1.82) is 0 Å². The molecule has 6 nitrogen and oxygen atoms in total. The number of amides is 1. The Hall–Kier alpha value is -3.84. The zero-order chi connectivity index (χ0) is 24.5. The number of aromatic nitrogens is 1. The van der Waals surface area contributed by atoms with E-state index in [1.54, 1.807) is 30.6 Å². The summed E-state index contributed by atoms with van der Waals surface area (Å²) in [4.78, 5) is 21.4. The molecule has 178 valence electrons. The number of anilines is 1. The summed E-state index contributed by atoms with van der Waals surface area (Å²) in [6.07, 6.45) is 8.13. The van der Waals surface area contributed by atoms with E-state index >= 15 is 0 Å². The average Bonchev–Trinajstić information content (AvgIpc) is 3.34. The van der Waals surface area contributed by atoms with E-state index in [4.69, 9.17) is 23.1 Å². The molecule has 2 aliphatic heterocycles. The number of pyridine rings is 1. The van der Waals surface area contributed by atoms with Crippen LogP contribution in [0.4, 0.5) is 10.1 Å². The second-order valence-electron chi connectivity index (χ2n) is 8.81. The van der Waals surface area contributed by atoms with E-state index in [1.807, 2.05) is 35.3 Å². The minimum atomic E-state index is -0.384. The van der Waals surface area contributed by atoms with Crippen molar-refractivity contribution in [3.05, 3.63) is 101 Å². The summed E-state index contributed by atoms with van der Waals surface area (Å²) in [5.41, 5.74) is 17.0. The highest BCUT2D eigenvalue weighted by molar-refractivity contribution is 6.33. The lowest BCUT2D eigenvalue weighted by Gasteiger charge is -2.34. The number of allylic oxidation sites excluding steroid dienone is 2. The summed E-state index contributed by atoms with van der Waals surface area (Å²) in [5.74, 6) is 0.274. The van der Waals surface area contributed by atoms with Crippen molar-refractivity contribution < 1.29 is 9.18 Å². The minimum Gasteiger partial charge on any atom is -0.397 e. The molecular weight excluding hydrogens is 465 g/mol. The average molecular weight is 490 g/mol. The molecule has 0 unspecified atom stereocenters. The lowest BCUT2D eigenvalue weighted by Crippen LogP contribution is -2.42. The Kier molecular flexibility index (Phi) is 6.17. The summed E-state index contributed by atoms with van der Waals surface area (Å²) in [6.45, 7) is 1.87. The maximum Gasteiger partial charge on any atom is 0.253 e. The smallest absolute Gasteiger partial charge is 0.253 e. The van der Waals surface area contributed by atoms with E-state index in [9.17, 15) is 9.18 Å². The van der Waals surface area contributed by atoms with Gasteiger partial charge in [0.1, 0.15) is 5.82 Å². The van der Waals surface area contributed by atoms with E-state index in [2.05, 4.69) is 9.88 Å². The SMILES string of the molecule is NC1=CC=C(c2cncc(N)c2)CN1[C@@H]1CCN(C(=O)c2ccc(-c3ccc(F)cc3Cl)cc2)C1. The number of hydrogen-bond donors (Lipinski definition) is 2. The molecule has 1 aromatic heterocycles. The van der Waals surface area contributed by atoms with Crippen LogP contribution in [0.15, 0.2) is 78.9 Å². The Balaban J connectivity index is 1.26. The fourth-order valence-electron chi connectivity index (χ4n) is 4.65. The lowest BCUT2D eigenvalue weighted by molar-refractivity contribution is 0.0782. The van der Waals surface area contributed by atoms with Crippen molar-refractivity contribution in [1.82, 2.24) is 14.8 Å². The number of hydrogen-bond acceptors (Lipinski definition) is 5. The van der Waals surface area contributed by atoms with Crippen LogP contribution in [-0.4, -0.2) is 46.4 Å². The number of carbonyl (C=O) groups is 1. The number of likely N-dealkylation sites (tertiary alicyclic amines) is 1. The van der Waals surface area contributed by atoms with Crippen LogP contribution in [0.3, 0.4) is 0 Å². The van der Waals surface area contributed by atoms with Gasteiger partial charge in [0, 0.05) is 49.2 Å². The Labute approximate surface area is 208 Å². The molecule has 5 rings (SSSR count). The quantitative estimate of drug-likeness (QED) is 0.562. The van der Waals surface area contributed by atoms with E-state index in [0.717, 1.165) is 28.7 Å². The molecule has 3 aromatic rings. The molecule has 4 N–H and O–H groups in total. The second kappa shape index (κ2) is 9.43. The van der Waals surface area contributed by atoms with Gasteiger partial charge in [-0.15, -0.1) is 0 Å². The topological polar surface area (TPSA) is 88.5 Å². The summed E-state index contributed by atoms with van der Waals surface area (Å²) in [7, 11) is 0. The number of rotatable bonds is 4. The maximum atomic E-state index is 13.4. The third-order valence-corrected chi connectivity index (χ3v) is 6.84. The van der Waals surface area contributed by atoms with Gasteiger partial charge in [0.25, 0.3) is 5.91 Å². The second-order valence-corrected chi connectivity index (χ2v) is 9.22. The first-order valence-electron chi connectivity index (χ1n) is 11.4. The third-order valence-electron chi connectivity index (χ3n) is 6.52. The van der Waals surface area contributed by atoms with E-state index < -0.39 is 0 Å². The highest BCUT2D eigenvalue weighted by atomic mass is 35.5. The standard InChI is InChI=1S/C27H25ClFN5O/c28-25-12-21(29)6-7-24(25)17-1-3-18(4-2-17)27(35)33-10-9-23(16-33)34-15-19(5-8-26(34)31)20-11-22(30)14-32-13-20/h1-8,11-14,23H,9-10,15-16,30-31H2/t23-/m1/s1. The van der Waals surface area contributed by atoms with Crippen LogP contribution in [-0.2, 0) is 0 Å². The van der Waals surface area contributed by atoms with Crippen molar-refractivity contribution in [2.75, 3.05) is 25.4 Å². The van der Waals surface area contributed by atoms with E-state index in [-0.39, 0.29) is 17.8 Å². The summed E-state index contributed by atoms with van der Waals surface area (Å²) >= 11 is 6.18. The summed E-state index contributed by atoms with van der Waals surface area (Å²) in [6, 6.07) is 13.5. The van der Waals surface area contributed by atoms with Crippen LogP contribution in [0.2, 0.25) is 5.02 Å². The number of benzene rings is 2. The number of halogens is 2. The highest BCUT2D eigenvalue weighted by Crippen LogP contribution is 2.30. The molecule has 1 amide bonds. The van der Waals surface area contributed by atoms with Crippen molar-refractivity contribution in [3.63, 3.8) is 0 Å². The fourth-order valence-corrected chi connectivity index (χ4v) is 4.93. The number of nitrogens with zero attached hydrogens (tertiary/aromatic N) is 3. The van der Waals surface area contributed by atoms with Gasteiger partial charge in [0.2, 0.25) is 0 Å². The largest absolute Gasteiger partial charge is 0.397 e. The molecule has 8 heteroatoms. The normalized spacial score (nSPS) is 17.8. The first-order valence-corrected chi connectivity index (χ1v) is 11.8. The van der Waals surface area contributed by atoms with Gasteiger partial charge in [-0.05, 0) is 65.6 Å². The van der Waals surface area contributed by atoms with Crippen molar-refractivity contribution >= 4 is 28.8 Å². The van der Waals surface area contributed by atoms with Gasteiger partial charge < -0.3 is 21.3 Å². The van der Waals surface area contributed by atoms with Gasteiger partial charge in [-0.3, -0.25) is 9.78 Å². The Morgan fingerprint density at radius 3 is 2.57 bits per heavy atom. The molecule has 1 atom stereocenters. The van der Waals surface area contributed by atoms with Crippen molar-refractivity contribution in [2.24, 2.45) is 5.73 Å². The number of nitrogen functional groups attached to an aromatic ring is 1. The van der Waals surface area contributed by atoms with Crippen molar-refractivity contribution in [3.8, 4) is 11.1 Å². The lowest BCUT2D eigenvalue weighted by atomic mass is 10.0. The van der Waals surface area contributed by atoms with Gasteiger partial charge in [-0.25, -0.2) is 4.39 Å². The number of nitrogens with two attached hydrogens (primary N) is 2. The van der Waals surface area contributed by atoms with Gasteiger partial charge in [0.15, 0.2) is 0 Å². The predicted molar refractivity (Wildman–Crippen MR) is 137 cm³/mol. The molecule has 0 bridgehead atoms. The van der Waals surface area contributed by atoms with Crippen LogP contribution in [0, 0.1) is 5.82 Å². The van der Waals surface area contributed by atoms with Gasteiger partial charge >= 0.3 is 0 Å². The number of carbonyl (C=O) groups excluding carboxylic acids is 1. The first-order chi connectivity index (χ1) is 16.9. The minimum absolute atomic E-state index is 0.0281. The molecule has 2 aromatic carbocycles. The van der Waals surface area contributed by atoms with E-state index in [1.165, 1.54) is 12.1 Å². The predicted octanol–water partition coefficient (Wildman–Crippen LogP) is 4.54. The van der Waals surface area contributed by atoms with Crippen LogP contribution in [0.5, 0.6) is 0 Å². The van der Waals surface area contributed by atoms with Crippen LogP contribution in [0.25, 0.3) is 16.7 Å². The maximum absolute atomic E-state index is 13.4. The zero-order valence-corrected chi connectivity index (χ0v) is 19.8. The molecule has 1 saturated heterocycles. The molecule has 35 heavy (non-hydrogen) atoms. The van der Waals surface area contributed by atoms with Gasteiger partial charge in [0.05, 0.1) is 16.5 Å². The van der Waals surface area contributed by atoms with Crippen LogP contribution in [0.1, 0.15) is 22.3 Å². The van der Waals surface area contributed by atoms with Gasteiger partial charge in [-0.2, -0.15) is 0 Å². The summed E-state index contributed by atoms with van der Waals surface area (Å²) < 4.78 is 13.4. The van der Waals surface area contributed by atoms with Crippen LogP contribution >= 0.6 is 11.6 Å². The summed E-state index contributed by atoms with van der Waals surface area (Å²) in [5, 5.41) is 0.334. The molecule has 1 fully saturated rings. The zero-order valence-electron chi connectivity index (χ0n) is 19.0. The van der Waals surface area contributed by atoms with Crippen LogP contribution < -0.4 is 11.5 Å². The van der Waals surface area contributed by atoms with E-state index in [0.29, 0.717) is 41.7 Å².